The number of phenols is 2. The van der Waals surface area contributed by atoms with Crippen molar-refractivity contribution in [2.75, 3.05) is 23.9 Å². The predicted molar refractivity (Wildman–Crippen MR) is 154 cm³/mol. The van der Waals surface area contributed by atoms with E-state index in [0.29, 0.717) is 24.6 Å². The van der Waals surface area contributed by atoms with Gasteiger partial charge >= 0.3 is 0 Å². The Balaban J connectivity index is 1.86. The minimum Gasteiger partial charge on any atom is -0.507 e. The largest absolute Gasteiger partial charge is 0.507 e. The van der Waals surface area contributed by atoms with E-state index in [1.165, 1.54) is 0 Å². The first-order valence-corrected chi connectivity index (χ1v) is 12.8. The van der Waals surface area contributed by atoms with E-state index >= 15 is 0 Å². The maximum Gasteiger partial charge on any atom is 0.124 e. The third kappa shape index (κ3) is 6.16. The SMILES string of the molecule is Cc1cc(CN(C)c2cccc(N(C)Cc3cc(C)cc(C(C)(C)C)c3O)c2)c(O)c(C(C)(C)C)c1. The Morgan fingerprint density at radius 1 is 0.611 bits per heavy atom. The molecule has 0 aromatic heterocycles. The number of hydrogen-bond acceptors (Lipinski definition) is 4. The summed E-state index contributed by atoms with van der Waals surface area (Å²) in [6, 6.07) is 16.7. The van der Waals surface area contributed by atoms with Gasteiger partial charge in [0.05, 0.1) is 0 Å². The monoisotopic (exact) mass is 488 g/mol. The molecule has 0 unspecified atom stereocenters. The van der Waals surface area contributed by atoms with Crippen molar-refractivity contribution in [2.45, 2.75) is 79.3 Å². The van der Waals surface area contributed by atoms with Crippen LogP contribution in [0.4, 0.5) is 11.4 Å². The predicted octanol–water partition coefficient (Wildman–Crippen LogP) is 7.58. The zero-order valence-electron chi connectivity index (χ0n) is 23.8. The first-order chi connectivity index (χ1) is 16.6. The lowest BCUT2D eigenvalue weighted by Gasteiger charge is -2.27. The van der Waals surface area contributed by atoms with Crippen molar-refractivity contribution in [3.63, 3.8) is 0 Å². The smallest absolute Gasteiger partial charge is 0.124 e. The Morgan fingerprint density at radius 3 is 1.31 bits per heavy atom. The van der Waals surface area contributed by atoms with E-state index in [0.717, 1.165) is 44.8 Å². The van der Waals surface area contributed by atoms with Gasteiger partial charge in [-0.3, -0.25) is 0 Å². The number of hydrogen-bond donors (Lipinski definition) is 2. The minimum atomic E-state index is -0.125. The van der Waals surface area contributed by atoms with Crippen LogP contribution in [0.3, 0.4) is 0 Å². The zero-order chi connectivity index (χ0) is 27.0. The van der Waals surface area contributed by atoms with Gasteiger partial charge in [0.15, 0.2) is 0 Å². The fourth-order valence-corrected chi connectivity index (χ4v) is 4.75. The number of aromatic hydroxyl groups is 2. The van der Waals surface area contributed by atoms with E-state index in [-0.39, 0.29) is 10.8 Å². The highest BCUT2D eigenvalue weighted by Gasteiger charge is 2.23. The highest BCUT2D eigenvalue weighted by Crippen LogP contribution is 2.37. The van der Waals surface area contributed by atoms with E-state index in [9.17, 15) is 10.2 Å². The Kier molecular flexibility index (Phi) is 7.69. The van der Waals surface area contributed by atoms with E-state index < -0.39 is 0 Å². The molecule has 0 heterocycles. The Morgan fingerprint density at radius 2 is 0.972 bits per heavy atom. The molecule has 194 valence electrons. The molecule has 3 aromatic carbocycles. The average Bonchev–Trinajstić information content (AvgIpc) is 2.76. The average molecular weight is 489 g/mol. The fourth-order valence-electron chi connectivity index (χ4n) is 4.75. The van der Waals surface area contributed by atoms with Gasteiger partial charge in [0, 0.05) is 49.7 Å². The van der Waals surface area contributed by atoms with Gasteiger partial charge in [-0.05, 0) is 54.0 Å². The molecule has 0 bridgehead atoms. The van der Waals surface area contributed by atoms with Gasteiger partial charge in [0.25, 0.3) is 0 Å². The van der Waals surface area contributed by atoms with Crippen molar-refractivity contribution in [1.29, 1.82) is 0 Å². The Labute approximate surface area is 218 Å². The van der Waals surface area contributed by atoms with Crippen LogP contribution in [0.15, 0.2) is 48.5 Å². The Bertz CT molecular complexity index is 1140. The van der Waals surface area contributed by atoms with Gasteiger partial charge < -0.3 is 20.0 Å². The quantitative estimate of drug-likeness (QED) is 0.375. The van der Waals surface area contributed by atoms with Crippen molar-refractivity contribution in [3.05, 3.63) is 81.9 Å². The Hall–Kier alpha value is -3.14. The van der Waals surface area contributed by atoms with Crippen LogP contribution in [-0.4, -0.2) is 24.3 Å². The normalized spacial score (nSPS) is 12.1. The molecule has 36 heavy (non-hydrogen) atoms. The molecule has 0 aliphatic carbocycles. The van der Waals surface area contributed by atoms with E-state index in [1.807, 2.05) is 0 Å². The maximum absolute atomic E-state index is 11.0. The molecule has 0 radical (unpaired) electrons. The van der Waals surface area contributed by atoms with Gasteiger partial charge in [-0.1, -0.05) is 83.0 Å². The zero-order valence-corrected chi connectivity index (χ0v) is 23.8. The number of nitrogens with zero attached hydrogens (tertiary/aromatic N) is 2. The molecule has 0 aliphatic rings. The van der Waals surface area contributed by atoms with Crippen LogP contribution in [0.1, 0.15) is 74.9 Å². The van der Waals surface area contributed by atoms with Crippen LogP contribution in [0.2, 0.25) is 0 Å². The molecular formula is C32H44N2O2. The third-order valence-corrected chi connectivity index (χ3v) is 6.81. The summed E-state index contributed by atoms with van der Waals surface area (Å²) in [5.41, 5.74) is 8.02. The van der Waals surface area contributed by atoms with Crippen LogP contribution in [0, 0.1) is 13.8 Å². The summed E-state index contributed by atoms with van der Waals surface area (Å²) in [5, 5.41) is 22.0. The molecule has 3 aromatic rings. The summed E-state index contributed by atoms with van der Waals surface area (Å²) in [6.07, 6.45) is 0. The number of rotatable bonds is 6. The van der Waals surface area contributed by atoms with Gasteiger partial charge in [0.1, 0.15) is 11.5 Å². The lowest BCUT2D eigenvalue weighted by molar-refractivity contribution is 0.439. The van der Waals surface area contributed by atoms with Crippen molar-refractivity contribution >= 4 is 11.4 Å². The van der Waals surface area contributed by atoms with Gasteiger partial charge in [-0.2, -0.15) is 0 Å². The summed E-state index contributed by atoms with van der Waals surface area (Å²) in [7, 11) is 4.11. The topological polar surface area (TPSA) is 46.9 Å². The second-order valence-electron chi connectivity index (χ2n) is 12.4. The molecule has 2 N–H and O–H groups in total. The molecule has 0 aliphatic heterocycles. The van der Waals surface area contributed by atoms with Crippen LogP contribution in [0.5, 0.6) is 11.5 Å². The van der Waals surface area contributed by atoms with E-state index in [1.54, 1.807) is 0 Å². The summed E-state index contributed by atoms with van der Waals surface area (Å²) in [5.74, 6) is 0.774. The molecule has 0 fully saturated rings. The van der Waals surface area contributed by atoms with Crippen molar-refractivity contribution in [1.82, 2.24) is 0 Å². The summed E-state index contributed by atoms with van der Waals surface area (Å²) < 4.78 is 0. The summed E-state index contributed by atoms with van der Waals surface area (Å²) >= 11 is 0. The number of benzene rings is 3. The van der Waals surface area contributed by atoms with Gasteiger partial charge in [-0.15, -0.1) is 0 Å². The highest BCUT2D eigenvalue weighted by molar-refractivity contribution is 5.60. The highest BCUT2D eigenvalue weighted by atomic mass is 16.3. The summed E-state index contributed by atoms with van der Waals surface area (Å²) in [6.45, 7) is 18.2. The molecule has 0 saturated carbocycles. The fraction of sp³-hybridized carbons (Fsp3) is 0.438. The number of aryl methyl sites for hydroxylation is 2. The van der Waals surface area contributed by atoms with Crippen molar-refractivity contribution < 1.29 is 10.2 Å². The van der Waals surface area contributed by atoms with E-state index in [4.69, 9.17) is 0 Å². The first-order valence-electron chi connectivity index (χ1n) is 12.8. The maximum atomic E-state index is 11.0. The van der Waals surface area contributed by atoms with E-state index in [2.05, 4.69) is 128 Å². The van der Waals surface area contributed by atoms with Crippen LogP contribution >= 0.6 is 0 Å². The number of phenolic OH excluding ortho intramolecular Hbond substituents is 2. The second kappa shape index (κ2) is 10.1. The van der Waals surface area contributed by atoms with Gasteiger partial charge in [-0.25, -0.2) is 0 Å². The van der Waals surface area contributed by atoms with Crippen LogP contribution in [-0.2, 0) is 23.9 Å². The van der Waals surface area contributed by atoms with Gasteiger partial charge in [0.2, 0.25) is 0 Å². The molecule has 0 atom stereocenters. The second-order valence-corrected chi connectivity index (χ2v) is 12.4. The molecule has 4 nitrogen and oxygen atoms in total. The molecule has 0 saturated heterocycles. The number of anilines is 2. The first kappa shape index (κ1) is 27.4. The third-order valence-electron chi connectivity index (χ3n) is 6.81. The van der Waals surface area contributed by atoms with Crippen molar-refractivity contribution in [3.8, 4) is 11.5 Å². The molecule has 0 amide bonds. The molecule has 0 spiro atoms. The molecule has 4 heteroatoms. The van der Waals surface area contributed by atoms with Crippen molar-refractivity contribution in [2.24, 2.45) is 0 Å². The summed E-state index contributed by atoms with van der Waals surface area (Å²) in [4.78, 5) is 4.33. The molecule has 3 rings (SSSR count). The lowest BCUT2D eigenvalue weighted by atomic mass is 9.84. The minimum absolute atomic E-state index is 0.125. The molecular weight excluding hydrogens is 444 g/mol. The van der Waals surface area contributed by atoms with Crippen LogP contribution in [0.25, 0.3) is 0 Å². The lowest BCUT2D eigenvalue weighted by Crippen LogP contribution is -2.20. The van der Waals surface area contributed by atoms with Crippen LogP contribution < -0.4 is 9.80 Å². The standard InChI is InChI=1S/C32H44N2O2/c1-21-14-23(29(35)27(16-21)31(3,4)5)19-33(9)25-12-11-13-26(18-25)34(10)20-24-15-22(2)17-28(30(24)36)32(6,7)8/h11-18,35-36H,19-20H2,1-10H3.